The Labute approximate surface area is 168 Å². The number of carbonyl (C=O) groups is 1. The van der Waals surface area contributed by atoms with E-state index in [2.05, 4.69) is 4.40 Å². The number of hydrogen-bond acceptors (Lipinski definition) is 6. The predicted octanol–water partition coefficient (Wildman–Crippen LogP) is 2.20. The van der Waals surface area contributed by atoms with Crippen LogP contribution in [0.1, 0.15) is 24.1 Å². The topological polar surface area (TPSA) is 113 Å². The fourth-order valence-corrected chi connectivity index (χ4v) is 4.34. The lowest BCUT2D eigenvalue weighted by Crippen LogP contribution is -2.40. The van der Waals surface area contributed by atoms with Crippen LogP contribution in [0.2, 0.25) is 0 Å². The molecule has 1 aliphatic heterocycles. The Morgan fingerprint density at radius 3 is 2.55 bits per heavy atom. The molecule has 0 aromatic heterocycles. The molecular formula is C19H20N4O5S. The van der Waals surface area contributed by atoms with E-state index < -0.39 is 21.0 Å². The van der Waals surface area contributed by atoms with Crippen LogP contribution in [0.4, 0.5) is 5.69 Å². The van der Waals surface area contributed by atoms with Crippen LogP contribution >= 0.6 is 0 Å². The average Bonchev–Trinajstić information content (AvgIpc) is 2.98. The van der Waals surface area contributed by atoms with E-state index in [9.17, 15) is 23.3 Å². The fraction of sp³-hybridized carbons (Fsp3) is 0.263. The van der Waals surface area contributed by atoms with Crippen LogP contribution in [0.3, 0.4) is 0 Å². The van der Waals surface area contributed by atoms with Crippen LogP contribution in [-0.4, -0.2) is 55.5 Å². The molecule has 1 heterocycles. The highest BCUT2D eigenvalue weighted by Gasteiger charge is 2.31. The van der Waals surface area contributed by atoms with Crippen LogP contribution in [0, 0.1) is 10.1 Å². The van der Waals surface area contributed by atoms with Crippen molar-refractivity contribution in [3.63, 3.8) is 0 Å². The number of carbonyl (C=O) groups excluding carboxylic acids is 1. The maximum atomic E-state index is 12.8. The van der Waals surface area contributed by atoms with Crippen molar-refractivity contribution in [1.29, 1.82) is 0 Å². The number of amidine groups is 1. The second-order valence-corrected chi connectivity index (χ2v) is 8.35. The van der Waals surface area contributed by atoms with Crippen molar-refractivity contribution in [3.8, 4) is 0 Å². The number of non-ortho nitro benzene ring substituents is 1. The van der Waals surface area contributed by atoms with E-state index in [1.165, 1.54) is 28.0 Å². The van der Waals surface area contributed by atoms with Crippen LogP contribution in [0.5, 0.6) is 0 Å². The molecule has 2 aromatic carbocycles. The minimum Gasteiger partial charge on any atom is -0.349 e. The minimum atomic E-state index is -3.77. The molecule has 3 rings (SSSR count). The van der Waals surface area contributed by atoms with Gasteiger partial charge in [0.15, 0.2) is 5.84 Å². The number of nitrogens with zero attached hydrogens (tertiary/aromatic N) is 4. The van der Waals surface area contributed by atoms with Gasteiger partial charge in [-0.1, -0.05) is 24.3 Å². The van der Waals surface area contributed by atoms with E-state index in [4.69, 9.17) is 0 Å². The Balaban J connectivity index is 1.76. The van der Waals surface area contributed by atoms with Crippen LogP contribution in [0.15, 0.2) is 57.8 Å². The third-order valence-corrected chi connectivity index (χ3v) is 6.21. The molecule has 1 aliphatic rings. The standard InChI is InChI=1S/C19H20N4O5S/c1-13(14-7-6-8-15(11-14)23(25)26)22(3)18(24)12-21(2)19-16-9-4-5-10-17(16)29(27,28)20-19/h4-11,13H,12H2,1-3H3/t13-/m0/s1. The Kier molecular flexibility index (Phi) is 5.38. The molecule has 0 spiro atoms. The summed E-state index contributed by atoms with van der Waals surface area (Å²) >= 11 is 0. The summed E-state index contributed by atoms with van der Waals surface area (Å²) in [6.45, 7) is 1.67. The van der Waals surface area contributed by atoms with Crippen LogP contribution < -0.4 is 0 Å². The Hall–Kier alpha value is -3.27. The van der Waals surface area contributed by atoms with Crippen molar-refractivity contribution in [2.75, 3.05) is 20.6 Å². The van der Waals surface area contributed by atoms with Crippen molar-refractivity contribution in [2.24, 2.45) is 4.40 Å². The summed E-state index contributed by atoms with van der Waals surface area (Å²) in [5.74, 6) is -0.0682. The van der Waals surface area contributed by atoms with Gasteiger partial charge in [-0.3, -0.25) is 14.9 Å². The first kappa shape index (κ1) is 20.5. The first-order chi connectivity index (χ1) is 13.6. The van der Waals surface area contributed by atoms with Gasteiger partial charge in [0.25, 0.3) is 15.7 Å². The zero-order valence-electron chi connectivity index (χ0n) is 16.1. The van der Waals surface area contributed by atoms with E-state index in [0.29, 0.717) is 11.1 Å². The van der Waals surface area contributed by atoms with Gasteiger partial charge >= 0.3 is 0 Å². The minimum absolute atomic E-state index is 0.0468. The molecule has 0 unspecified atom stereocenters. The van der Waals surface area contributed by atoms with Crippen molar-refractivity contribution < 1.29 is 18.1 Å². The van der Waals surface area contributed by atoms with Crippen molar-refractivity contribution >= 4 is 27.5 Å². The van der Waals surface area contributed by atoms with Crippen molar-refractivity contribution in [2.45, 2.75) is 17.9 Å². The lowest BCUT2D eigenvalue weighted by Gasteiger charge is -2.28. The summed E-state index contributed by atoms with van der Waals surface area (Å²) < 4.78 is 28.2. The van der Waals surface area contributed by atoms with E-state index in [1.54, 1.807) is 51.4 Å². The normalized spacial score (nSPS) is 15.2. The molecule has 9 nitrogen and oxygen atoms in total. The van der Waals surface area contributed by atoms with Gasteiger partial charge in [-0.2, -0.15) is 8.42 Å². The fourth-order valence-electron chi connectivity index (χ4n) is 3.09. The molecule has 10 heteroatoms. The number of sulfonamides is 1. The SMILES string of the molecule is C[C@@H](c1cccc([N+](=O)[O-])c1)N(C)C(=O)CN(C)C1=NS(=O)(=O)c2ccccc21. The largest absolute Gasteiger partial charge is 0.349 e. The monoisotopic (exact) mass is 416 g/mol. The summed E-state index contributed by atoms with van der Waals surface area (Å²) in [6.07, 6.45) is 0. The first-order valence-electron chi connectivity index (χ1n) is 8.77. The zero-order chi connectivity index (χ0) is 21.3. The van der Waals surface area contributed by atoms with Crippen molar-refractivity contribution in [1.82, 2.24) is 9.80 Å². The molecule has 0 saturated heterocycles. The van der Waals surface area contributed by atoms with E-state index >= 15 is 0 Å². The molecule has 0 fully saturated rings. The van der Waals surface area contributed by atoms with Gasteiger partial charge in [0.1, 0.15) is 4.90 Å². The highest BCUT2D eigenvalue weighted by atomic mass is 32.2. The number of rotatable bonds is 5. The number of likely N-dealkylation sites (N-methyl/N-ethyl adjacent to an activating group) is 2. The second-order valence-electron chi connectivity index (χ2n) is 6.77. The third-order valence-electron chi connectivity index (χ3n) is 4.88. The highest BCUT2D eigenvalue weighted by Crippen LogP contribution is 2.27. The number of benzene rings is 2. The Morgan fingerprint density at radius 1 is 1.17 bits per heavy atom. The molecule has 0 bridgehead atoms. The van der Waals surface area contributed by atoms with Gasteiger partial charge in [-0.05, 0) is 24.6 Å². The van der Waals surface area contributed by atoms with Gasteiger partial charge in [0, 0.05) is 31.8 Å². The van der Waals surface area contributed by atoms with Gasteiger partial charge in [0.05, 0.1) is 17.5 Å². The molecule has 152 valence electrons. The quantitative estimate of drug-likeness (QED) is 0.545. The Morgan fingerprint density at radius 2 is 1.86 bits per heavy atom. The number of nitro benzene ring substituents is 1. The summed E-state index contributed by atoms with van der Waals surface area (Å²) in [5.41, 5.74) is 1.04. The number of fused-ring (bicyclic) bond motifs is 1. The summed E-state index contributed by atoms with van der Waals surface area (Å²) in [7, 11) is -0.575. The van der Waals surface area contributed by atoms with Gasteiger partial charge < -0.3 is 9.80 Å². The smallest absolute Gasteiger partial charge is 0.285 e. The molecular weight excluding hydrogens is 396 g/mol. The molecule has 0 saturated carbocycles. The zero-order valence-corrected chi connectivity index (χ0v) is 17.0. The first-order valence-corrected chi connectivity index (χ1v) is 10.2. The van der Waals surface area contributed by atoms with Crippen LogP contribution in [-0.2, 0) is 14.8 Å². The lowest BCUT2D eigenvalue weighted by atomic mass is 10.1. The van der Waals surface area contributed by atoms with Crippen LogP contribution in [0.25, 0.3) is 0 Å². The summed E-state index contributed by atoms with van der Waals surface area (Å²) in [4.78, 5) is 26.3. The van der Waals surface area contributed by atoms with Gasteiger partial charge in [-0.25, -0.2) is 0 Å². The highest BCUT2D eigenvalue weighted by molar-refractivity contribution is 7.90. The molecule has 1 atom stereocenters. The molecule has 0 N–H and O–H groups in total. The number of nitro groups is 1. The maximum absolute atomic E-state index is 12.8. The van der Waals surface area contributed by atoms with E-state index in [0.717, 1.165) is 0 Å². The van der Waals surface area contributed by atoms with E-state index in [-0.39, 0.29) is 28.9 Å². The lowest BCUT2D eigenvalue weighted by molar-refractivity contribution is -0.384. The van der Waals surface area contributed by atoms with Gasteiger partial charge in [0.2, 0.25) is 5.91 Å². The molecule has 0 aliphatic carbocycles. The molecule has 0 radical (unpaired) electrons. The van der Waals surface area contributed by atoms with Gasteiger partial charge in [-0.15, -0.1) is 4.40 Å². The van der Waals surface area contributed by atoms with E-state index in [1.807, 2.05) is 0 Å². The predicted molar refractivity (Wildman–Crippen MR) is 107 cm³/mol. The molecule has 1 amide bonds. The Bertz CT molecular complexity index is 1110. The molecule has 29 heavy (non-hydrogen) atoms. The average molecular weight is 416 g/mol. The van der Waals surface area contributed by atoms with Crippen molar-refractivity contribution in [3.05, 3.63) is 69.8 Å². The summed E-state index contributed by atoms with van der Waals surface area (Å²) in [5, 5.41) is 11.0. The number of amides is 1. The second kappa shape index (κ2) is 7.63. The summed E-state index contributed by atoms with van der Waals surface area (Å²) in [6, 6.07) is 12.2. The molecule has 2 aromatic rings. The maximum Gasteiger partial charge on any atom is 0.285 e. The third kappa shape index (κ3) is 3.97. The number of hydrogen-bond donors (Lipinski definition) is 0.